The van der Waals surface area contributed by atoms with Crippen LogP contribution in [-0.2, 0) is 18.2 Å². The summed E-state index contributed by atoms with van der Waals surface area (Å²) in [6.07, 6.45) is 9.72. The van der Waals surface area contributed by atoms with Gasteiger partial charge in [0.25, 0.3) is 0 Å². The van der Waals surface area contributed by atoms with Crippen LogP contribution in [0, 0.1) is 5.92 Å². The van der Waals surface area contributed by atoms with Crippen LogP contribution < -0.4 is 5.32 Å². The van der Waals surface area contributed by atoms with Crippen molar-refractivity contribution in [2.24, 2.45) is 13.0 Å². The zero-order valence-corrected chi connectivity index (χ0v) is 13.3. The van der Waals surface area contributed by atoms with E-state index in [4.69, 9.17) is 4.74 Å². The highest BCUT2D eigenvalue weighted by Gasteiger charge is 2.22. The molecule has 1 fully saturated rings. The molecular formula is C16H29N3O2. The Bertz CT molecular complexity index is 408. The van der Waals surface area contributed by atoms with Gasteiger partial charge in [-0.2, -0.15) is 5.10 Å². The first-order chi connectivity index (χ1) is 10.1. The molecule has 1 aliphatic carbocycles. The van der Waals surface area contributed by atoms with Gasteiger partial charge in [-0.3, -0.25) is 4.68 Å². The number of aromatic nitrogens is 2. The minimum atomic E-state index is -0.423. The molecule has 0 aliphatic heterocycles. The van der Waals surface area contributed by atoms with E-state index < -0.39 is 6.10 Å². The number of aliphatic hydroxyl groups is 1. The Balaban J connectivity index is 1.54. The van der Waals surface area contributed by atoms with Gasteiger partial charge in [-0.15, -0.1) is 0 Å². The first-order valence-electron chi connectivity index (χ1n) is 8.13. The standard InChI is InChI=1S/C16H29N3O2/c1-13-5-3-4-6-16(13)21-12-15(20)10-17-8-7-14-9-18-19(2)11-14/h9,11,13,15-17,20H,3-8,10,12H2,1-2H3. The zero-order chi connectivity index (χ0) is 15.1. The first kappa shape index (κ1) is 16.5. The fourth-order valence-corrected chi connectivity index (χ4v) is 2.93. The van der Waals surface area contributed by atoms with Crippen molar-refractivity contribution in [1.29, 1.82) is 0 Å². The molecule has 5 nitrogen and oxygen atoms in total. The van der Waals surface area contributed by atoms with Gasteiger partial charge in [0.1, 0.15) is 0 Å². The van der Waals surface area contributed by atoms with Gasteiger partial charge < -0.3 is 15.2 Å². The predicted molar refractivity (Wildman–Crippen MR) is 83.2 cm³/mol. The molecule has 120 valence electrons. The normalized spacial score (nSPS) is 24.1. The van der Waals surface area contributed by atoms with Gasteiger partial charge in [-0.1, -0.05) is 19.8 Å². The highest BCUT2D eigenvalue weighted by atomic mass is 16.5. The monoisotopic (exact) mass is 295 g/mol. The second-order valence-corrected chi connectivity index (χ2v) is 6.26. The molecule has 0 radical (unpaired) electrons. The van der Waals surface area contributed by atoms with Crippen LogP contribution in [0.1, 0.15) is 38.2 Å². The summed E-state index contributed by atoms with van der Waals surface area (Å²) in [5.74, 6) is 0.629. The smallest absolute Gasteiger partial charge is 0.0897 e. The van der Waals surface area contributed by atoms with Crippen molar-refractivity contribution in [1.82, 2.24) is 15.1 Å². The number of nitrogens with zero attached hydrogens (tertiary/aromatic N) is 2. The summed E-state index contributed by atoms with van der Waals surface area (Å²) >= 11 is 0. The number of rotatable bonds is 8. The van der Waals surface area contributed by atoms with E-state index in [1.165, 1.54) is 24.8 Å². The van der Waals surface area contributed by atoms with Crippen LogP contribution in [0.25, 0.3) is 0 Å². The molecule has 1 aliphatic rings. The lowest BCUT2D eigenvalue weighted by Crippen LogP contribution is -2.35. The molecule has 3 atom stereocenters. The summed E-state index contributed by atoms with van der Waals surface area (Å²) < 4.78 is 7.68. The lowest BCUT2D eigenvalue weighted by atomic mass is 9.88. The molecule has 0 saturated heterocycles. The van der Waals surface area contributed by atoms with Crippen LogP contribution in [-0.4, -0.2) is 46.8 Å². The van der Waals surface area contributed by atoms with Crippen molar-refractivity contribution in [2.45, 2.75) is 51.2 Å². The average Bonchev–Trinajstić information content (AvgIpc) is 2.88. The Hall–Kier alpha value is -0.910. The zero-order valence-electron chi connectivity index (χ0n) is 13.3. The lowest BCUT2D eigenvalue weighted by Gasteiger charge is -2.29. The van der Waals surface area contributed by atoms with Crippen molar-refractivity contribution in [3.63, 3.8) is 0 Å². The third kappa shape index (κ3) is 5.77. The van der Waals surface area contributed by atoms with Gasteiger partial charge in [0.05, 0.1) is 25.0 Å². The largest absolute Gasteiger partial charge is 0.389 e. The Morgan fingerprint density at radius 2 is 2.29 bits per heavy atom. The fraction of sp³-hybridized carbons (Fsp3) is 0.812. The molecule has 1 aromatic heterocycles. The minimum absolute atomic E-state index is 0.337. The van der Waals surface area contributed by atoms with E-state index in [2.05, 4.69) is 17.3 Å². The van der Waals surface area contributed by atoms with E-state index in [1.54, 1.807) is 0 Å². The van der Waals surface area contributed by atoms with Gasteiger partial charge >= 0.3 is 0 Å². The Kier molecular flexibility index (Phi) is 6.67. The summed E-state index contributed by atoms with van der Waals surface area (Å²) in [6, 6.07) is 0. The van der Waals surface area contributed by atoms with Crippen LogP contribution in [0.3, 0.4) is 0 Å². The van der Waals surface area contributed by atoms with E-state index in [0.29, 0.717) is 25.2 Å². The van der Waals surface area contributed by atoms with Crippen LogP contribution >= 0.6 is 0 Å². The Morgan fingerprint density at radius 3 is 3.00 bits per heavy atom. The summed E-state index contributed by atoms with van der Waals surface area (Å²) in [5, 5.41) is 17.4. The summed E-state index contributed by atoms with van der Waals surface area (Å²) in [6.45, 7) is 4.13. The molecule has 1 heterocycles. The van der Waals surface area contributed by atoms with Crippen LogP contribution in [0.4, 0.5) is 0 Å². The van der Waals surface area contributed by atoms with E-state index in [0.717, 1.165) is 19.4 Å². The second-order valence-electron chi connectivity index (χ2n) is 6.26. The van der Waals surface area contributed by atoms with Crippen molar-refractivity contribution in [3.05, 3.63) is 18.0 Å². The third-order valence-corrected chi connectivity index (χ3v) is 4.26. The number of hydrogen-bond donors (Lipinski definition) is 2. The van der Waals surface area contributed by atoms with Gasteiger partial charge in [0, 0.05) is 19.8 Å². The SMILES string of the molecule is CC1CCCCC1OCC(O)CNCCc1cnn(C)c1. The topological polar surface area (TPSA) is 59.3 Å². The van der Waals surface area contributed by atoms with Crippen LogP contribution in [0.2, 0.25) is 0 Å². The second kappa shape index (κ2) is 8.51. The van der Waals surface area contributed by atoms with Crippen LogP contribution in [0.5, 0.6) is 0 Å². The maximum Gasteiger partial charge on any atom is 0.0897 e. The predicted octanol–water partition coefficient (Wildman–Crippen LogP) is 1.51. The molecule has 0 amide bonds. The van der Waals surface area contributed by atoms with E-state index in [-0.39, 0.29) is 0 Å². The molecule has 5 heteroatoms. The molecule has 0 bridgehead atoms. The molecule has 1 aromatic rings. The van der Waals surface area contributed by atoms with Gasteiger partial charge in [-0.05, 0) is 37.3 Å². The Labute approximate surface area is 127 Å². The molecule has 2 N–H and O–H groups in total. The number of aryl methyl sites for hydroxylation is 1. The van der Waals surface area contributed by atoms with E-state index in [9.17, 15) is 5.11 Å². The molecule has 1 saturated carbocycles. The molecular weight excluding hydrogens is 266 g/mol. The number of ether oxygens (including phenoxy) is 1. The van der Waals surface area contributed by atoms with Crippen molar-refractivity contribution >= 4 is 0 Å². The molecule has 0 aromatic carbocycles. The summed E-state index contributed by atoms with van der Waals surface area (Å²) in [5.41, 5.74) is 1.21. The van der Waals surface area contributed by atoms with Crippen molar-refractivity contribution in [2.75, 3.05) is 19.7 Å². The minimum Gasteiger partial charge on any atom is -0.389 e. The van der Waals surface area contributed by atoms with Gasteiger partial charge in [0.15, 0.2) is 0 Å². The molecule has 2 rings (SSSR count). The summed E-state index contributed by atoms with van der Waals surface area (Å²) in [7, 11) is 1.92. The maximum absolute atomic E-state index is 9.96. The highest BCUT2D eigenvalue weighted by molar-refractivity contribution is 5.03. The number of nitrogens with one attached hydrogen (secondary N) is 1. The third-order valence-electron chi connectivity index (χ3n) is 4.26. The number of aliphatic hydroxyl groups excluding tert-OH is 1. The highest BCUT2D eigenvalue weighted by Crippen LogP contribution is 2.26. The summed E-state index contributed by atoms with van der Waals surface area (Å²) in [4.78, 5) is 0. The maximum atomic E-state index is 9.96. The fourth-order valence-electron chi connectivity index (χ4n) is 2.93. The molecule has 3 unspecified atom stereocenters. The van der Waals surface area contributed by atoms with Crippen LogP contribution in [0.15, 0.2) is 12.4 Å². The van der Waals surface area contributed by atoms with Crippen molar-refractivity contribution in [3.8, 4) is 0 Å². The number of hydrogen-bond acceptors (Lipinski definition) is 4. The molecule has 21 heavy (non-hydrogen) atoms. The molecule has 0 spiro atoms. The lowest BCUT2D eigenvalue weighted by molar-refractivity contribution is -0.0450. The van der Waals surface area contributed by atoms with E-state index >= 15 is 0 Å². The quantitative estimate of drug-likeness (QED) is 0.714. The van der Waals surface area contributed by atoms with Crippen molar-refractivity contribution < 1.29 is 9.84 Å². The van der Waals surface area contributed by atoms with Gasteiger partial charge in [-0.25, -0.2) is 0 Å². The van der Waals surface area contributed by atoms with E-state index in [1.807, 2.05) is 24.1 Å². The van der Waals surface area contributed by atoms with Gasteiger partial charge in [0.2, 0.25) is 0 Å². The Morgan fingerprint density at radius 1 is 1.48 bits per heavy atom. The first-order valence-corrected chi connectivity index (χ1v) is 8.13. The average molecular weight is 295 g/mol.